The summed E-state index contributed by atoms with van der Waals surface area (Å²) in [5, 5.41) is 3.08. The Morgan fingerprint density at radius 2 is 1.54 bits per heavy atom. The van der Waals surface area contributed by atoms with Crippen LogP contribution in [0.1, 0.15) is 56.2 Å². The summed E-state index contributed by atoms with van der Waals surface area (Å²) in [6, 6.07) is 8.18. The van der Waals surface area contributed by atoms with Gasteiger partial charge in [0.15, 0.2) is 0 Å². The highest BCUT2D eigenvalue weighted by Gasteiger charge is 2.29. The molecule has 1 atom stereocenters. The van der Waals surface area contributed by atoms with Gasteiger partial charge in [-0.05, 0) is 32.3 Å². The highest BCUT2D eigenvalue weighted by Crippen LogP contribution is 2.26. The highest BCUT2D eigenvalue weighted by atomic mass is 16.2. The van der Waals surface area contributed by atoms with E-state index in [0.717, 1.165) is 18.4 Å². The monoisotopic (exact) mass is 357 g/mol. The largest absolute Gasteiger partial charge is 0.339 e. The molecule has 0 radical (unpaired) electrons. The van der Waals surface area contributed by atoms with Gasteiger partial charge in [-0.2, -0.15) is 0 Å². The van der Waals surface area contributed by atoms with Gasteiger partial charge in [0.1, 0.15) is 0 Å². The summed E-state index contributed by atoms with van der Waals surface area (Å²) in [5.41, 5.74) is 2.32. The molecule has 2 aliphatic rings. The molecule has 1 aliphatic carbocycles. The molecule has 0 aromatic heterocycles. The Balaban J connectivity index is 1.47. The van der Waals surface area contributed by atoms with Gasteiger partial charge in [-0.3, -0.25) is 4.79 Å². The smallest absolute Gasteiger partial charge is 0.317 e. The Labute approximate surface area is 156 Å². The van der Waals surface area contributed by atoms with Crippen LogP contribution in [0.15, 0.2) is 24.3 Å². The zero-order valence-electron chi connectivity index (χ0n) is 16.0. The molecule has 142 valence electrons. The first-order valence-electron chi connectivity index (χ1n) is 9.95. The second-order valence-corrected chi connectivity index (χ2v) is 7.73. The van der Waals surface area contributed by atoms with E-state index in [1.54, 1.807) is 0 Å². The fourth-order valence-electron chi connectivity index (χ4n) is 3.95. The molecule has 1 saturated carbocycles. The molecule has 26 heavy (non-hydrogen) atoms. The Bertz CT molecular complexity index is 615. The number of carbonyl (C=O) groups excluding carboxylic acids is 2. The van der Waals surface area contributed by atoms with E-state index in [4.69, 9.17) is 0 Å². The summed E-state index contributed by atoms with van der Waals surface area (Å²) >= 11 is 0. The van der Waals surface area contributed by atoms with Crippen LogP contribution < -0.4 is 5.32 Å². The van der Waals surface area contributed by atoms with Crippen LogP contribution in [0.4, 0.5) is 4.79 Å². The minimum Gasteiger partial charge on any atom is -0.339 e. The van der Waals surface area contributed by atoms with Gasteiger partial charge in [0.2, 0.25) is 5.91 Å². The number of piperazine rings is 1. The van der Waals surface area contributed by atoms with Crippen molar-refractivity contribution in [3.63, 3.8) is 0 Å². The number of hydrogen-bond acceptors (Lipinski definition) is 2. The Morgan fingerprint density at radius 1 is 0.962 bits per heavy atom. The number of carbonyl (C=O) groups is 2. The lowest BCUT2D eigenvalue weighted by molar-refractivity contribution is -0.138. The predicted molar refractivity (Wildman–Crippen MR) is 103 cm³/mol. The van der Waals surface area contributed by atoms with Crippen LogP contribution in [0.25, 0.3) is 0 Å². The Morgan fingerprint density at radius 3 is 2.15 bits per heavy atom. The molecule has 3 rings (SSSR count). The number of benzene rings is 1. The minimum absolute atomic E-state index is 0.0231. The lowest BCUT2D eigenvalue weighted by Crippen LogP contribution is -2.54. The van der Waals surface area contributed by atoms with Gasteiger partial charge in [-0.1, -0.05) is 49.1 Å². The van der Waals surface area contributed by atoms with Crippen LogP contribution in [-0.2, 0) is 4.79 Å². The van der Waals surface area contributed by atoms with E-state index in [0.29, 0.717) is 32.1 Å². The van der Waals surface area contributed by atoms with Crippen molar-refractivity contribution in [2.75, 3.05) is 26.2 Å². The molecule has 1 N–H and O–H groups in total. The number of nitrogens with zero attached hydrogens (tertiary/aromatic N) is 2. The lowest BCUT2D eigenvalue weighted by Gasteiger charge is -2.37. The van der Waals surface area contributed by atoms with Crippen LogP contribution in [0.3, 0.4) is 0 Å². The maximum atomic E-state index is 12.6. The fourth-order valence-corrected chi connectivity index (χ4v) is 3.95. The molecule has 0 bridgehead atoms. The average Bonchev–Trinajstić information content (AvgIpc) is 2.68. The first kappa shape index (κ1) is 18.7. The Kier molecular flexibility index (Phi) is 6.17. The second kappa shape index (κ2) is 8.56. The Hall–Kier alpha value is -2.04. The van der Waals surface area contributed by atoms with E-state index in [-0.39, 0.29) is 18.0 Å². The molecule has 1 saturated heterocycles. The van der Waals surface area contributed by atoms with Crippen molar-refractivity contribution in [1.29, 1.82) is 0 Å². The van der Waals surface area contributed by atoms with E-state index in [2.05, 4.69) is 36.5 Å². The van der Waals surface area contributed by atoms with Gasteiger partial charge >= 0.3 is 6.03 Å². The van der Waals surface area contributed by atoms with Gasteiger partial charge in [-0.15, -0.1) is 0 Å². The summed E-state index contributed by atoms with van der Waals surface area (Å²) in [5.74, 6) is 0.517. The maximum Gasteiger partial charge on any atom is 0.317 e. The van der Waals surface area contributed by atoms with E-state index in [1.807, 2.05) is 16.7 Å². The summed E-state index contributed by atoms with van der Waals surface area (Å²) in [7, 11) is 0. The molecule has 3 amide bonds. The molecule has 1 heterocycles. The maximum absolute atomic E-state index is 12.6. The normalized spacial score (nSPS) is 19.9. The molecule has 2 fully saturated rings. The number of nitrogens with one attached hydrogen (secondary N) is 1. The molecule has 1 unspecified atom stereocenters. The van der Waals surface area contributed by atoms with Crippen molar-refractivity contribution in [2.45, 2.75) is 52.0 Å². The summed E-state index contributed by atoms with van der Waals surface area (Å²) in [6.07, 6.45) is 5.68. The zero-order valence-corrected chi connectivity index (χ0v) is 16.0. The third kappa shape index (κ3) is 4.57. The quantitative estimate of drug-likeness (QED) is 0.900. The molecule has 5 heteroatoms. The van der Waals surface area contributed by atoms with Gasteiger partial charge in [0, 0.05) is 32.1 Å². The van der Waals surface area contributed by atoms with Crippen molar-refractivity contribution < 1.29 is 9.59 Å². The number of urea groups is 1. The number of amides is 3. The molecular formula is C21H31N3O2. The van der Waals surface area contributed by atoms with E-state index < -0.39 is 0 Å². The molecule has 0 spiro atoms. The predicted octanol–water partition coefficient (Wildman–Crippen LogP) is 3.49. The number of aryl methyl sites for hydroxylation is 1. The number of hydrogen-bond donors (Lipinski definition) is 1. The van der Waals surface area contributed by atoms with Crippen LogP contribution >= 0.6 is 0 Å². The lowest BCUT2D eigenvalue weighted by atomic mass is 9.88. The SMILES string of the molecule is Cc1ccc(C(C)NC(=O)N2CCN(C(=O)C3CCCCC3)CC2)cc1. The molecule has 1 aromatic rings. The minimum atomic E-state index is -0.0390. The summed E-state index contributed by atoms with van der Waals surface area (Å²) in [4.78, 5) is 29.0. The van der Waals surface area contributed by atoms with Gasteiger partial charge in [-0.25, -0.2) is 4.79 Å². The van der Waals surface area contributed by atoms with E-state index in [1.165, 1.54) is 24.8 Å². The second-order valence-electron chi connectivity index (χ2n) is 7.73. The summed E-state index contributed by atoms with van der Waals surface area (Å²) < 4.78 is 0. The molecule has 1 aliphatic heterocycles. The van der Waals surface area contributed by atoms with Crippen molar-refractivity contribution in [3.8, 4) is 0 Å². The molecule has 1 aromatic carbocycles. The molecule has 5 nitrogen and oxygen atoms in total. The highest BCUT2D eigenvalue weighted by molar-refractivity contribution is 5.80. The topological polar surface area (TPSA) is 52.7 Å². The van der Waals surface area contributed by atoms with Crippen LogP contribution in [-0.4, -0.2) is 47.9 Å². The van der Waals surface area contributed by atoms with Crippen molar-refractivity contribution >= 4 is 11.9 Å². The zero-order chi connectivity index (χ0) is 18.5. The third-order valence-electron chi connectivity index (χ3n) is 5.75. The van der Waals surface area contributed by atoms with Crippen molar-refractivity contribution in [1.82, 2.24) is 15.1 Å². The summed E-state index contributed by atoms with van der Waals surface area (Å²) in [6.45, 7) is 6.60. The van der Waals surface area contributed by atoms with Gasteiger partial charge in [0.25, 0.3) is 0 Å². The van der Waals surface area contributed by atoms with Gasteiger partial charge in [0.05, 0.1) is 6.04 Å². The van der Waals surface area contributed by atoms with E-state index in [9.17, 15) is 9.59 Å². The first-order chi connectivity index (χ1) is 12.5. The van der Waals surface area contributed by atoms with Crippen LogP contribution in [0, 0.1) is 12.8 Å². The van der Waals surface area contributed by atoms with Crippen LogP contribution in [0.5, 0.6) is 0 Å². The number of rotatable bonds is 3. The molecular weight excluding hydrogens is 326 g/mol. The van der Waals surface area contributed by atoms with Gasteiger partial charge < -0.3 is 15.1 Å². The van der Waals surface area contributed by atoms with Crippen molar-refractivity contribution in [3.05, 3.63) is 35.4 Å². The average molecular weight is 357 g/mol. The fraction of sp³-hybridized carbons (Fsp3) is 0.619. The first-order valence-corrected chi connectivity index (χ1v) is 9.95. The standard InChI is InChI=1S/C21H31N3O2/c1-16-8-10-18(11-9-16)17(2)22-21(26)24-14-12-23(13-15-24)20(25)19-6-4-3-5-7-19/h8-11,17,19H,3-7,12-15H2,1-2H3,(H,22,26). The van der Waals surface area contributed by atoms with Crippen LogP contribution in [0.2, 0.25) is 0 Å². The van der Waals surface area contributed by atoms with Crippen molar-refractivity contribution in [2.24, 2.45) is 5.92 Å². The third-order valence-corrected chi connectivity index (χ3v) is 5.75. The van der Waals surface area contributed by atoms with E-state index >= 15 is 0 Å².